The van der Waals surface area contributed by atoms with Crippen molar-refractivity contribution in [3.8, 4) is 11.3 Å². The summed E-state index contributed by atoms with van der Waals surface area (Å²) in [5.41, 5.74) is 8.67. The molecule has 0 atom stereocenters. The second-order valence-corrected chi connectivity index (χ2v) is 7.61. The highest BCUT2D eigenvalue weighted by Crippen LogP contribution is 2.29. The molecule has 3 rings (SSSR count). The Bertz CT molecular complexity index is 922. The smallest absolute Gasteiger partial charge is 0.159 e. The van der Waals surface area contributed by atoms with Crippen LogP contribution in [0.15, 0.2) is 18.3 Å². The van der Waals surface area contributed by atoms with Crippen LogP contribution in [0, 0.1) is 0 Å². The monoisotopic (exact) mass is 380 g/mol. The van der Waals surface area contributed by atoms with Gasteiger partial charge in [0.15, 0.2) is 5.65 Å². The van der Waals surface area contributed by atoms with E-state index in [0.717, 1.165) is 58.8 Å². The van der Waals surface area contributed by atoms with Gasteiger partial charge >= 0.3 is 0 Å². The van der Waals surface area contributed by atoms with Crippen LogP contribution in [0.1, 0.15) is 83.5 Å². The van der Waals surface area contributed by atoms with Crippen molar-refractivity contribution in [1.82, 2.24) is 19.5 Å². The molecule has 0 aliphatic carbocycles. The number of pyridine rings is 1. The molecular formula is C24H36N4. The second-order valence-electron chi connectivity index (χ2n) is 7.61. The van der Waals surface area contributed by atoms with Crippen LogP contribution in [0.5, 0.6) is 0 Å². The minimum absolute atomic E-state index is 0.429. The molecule has 3 aromatic rings. The summed E-state index contributed by atoms with van der Waals surface area (Å²) in [7, 11) is 2.05. The minimum atomic E-state index is 0.429. The fraction of sp³-hybridized carbons (Fsp3) is 0.542. The van der Waals surface area contributed by atoms with E-state index in [1.165, 1.54) is 12.0 Å². The van der Waals surface area contributed by atoms with Crippen LogP contribution in [-0.2, 0) is 26.3 Å². The van der Waals surface area contributed by atoms with E-state index in [4.69, 9.17) is 15.0 Å². The Kier molecular flexibility index (Phi) is 7.73. The molecule has 0 aliphatic rings. The average molecular weight is 381 g/mol. The van der Waals surface area contributed by atoms with Gasteiger partial charge in [0.2, 0.25) is 0 Å². The maximum absolute atomic E-state index is 5.03. The zero-order chi connectivity index (χ0) is 20.8. The van der Waals surface area contributed by atoms with Gasteiger partial charge in [-0.15, -0.1) is 0 Å². The predicted molar refractivity (Wildman–Crippen MR) is 120 cm³/mol. The lowest BCUT2D eigenvalue weighted by Crippen LogP contribution is -2.04. The fourth-order valence-electron chi connectivity index (χ4n) is 3.32. The zero-order valence-electron chi connectivity index (χ0n) is 18.9. The first kappa shape index (κ1) is 22.1. The summed E-state index contributed by atoms with van der Waals surface area (Å²) in [6.45, 7) is 15.1. The highest BCUT2D eigenvalue weighted by molar-refractivity contribution is 5.80. The topological polar surface area (TPSA) is 43.6 Å². The van der Waals surface area contributed by atoms with Gasteiger partial charge in [-0.2, -0.15) is 0 Å². The number of aryl methyl sites for hydroxylation is 4. The molecule has 0 aromatic carbocycles. The Labute approximate surface area is 170 Å². The number of hydrogen-bond acceptors (Lipinski definition) is 3. The summed E-state index contributed by atoms with van der Waals surface area (Å²) < 4.78 is 2.09. The van der Waals surface area contributed by atoms with Crippen molar-refractivity contribution in [2.75, 3.05) is 0 Å². The van der Waals surface area contributed by atoms with Crippen molar-refractivity contribution in [3.05, 3.63) is 41.0 Å². The lowest BCUT2D eigenvalue weighted by Gasteiger charge is -2.14. The van der Waals surface area contributed by atoms with E-state index in [9.17, 15) is 0 Å². The van der Waals surface area contributed by atoms with Gasteiger partial charge in [-0.25, -0.2) is 9.97 Å². The van der Waals surface area contributed by atoms with Gasteiger partial charge in [-0.05, 0) is 42.9 Å². The molecule has 0 radical (unpaired) electrons. The first-order chi connectivity index (χ1) is 13.4. The minimum Gasteiger partial charge on any atom is -0.334 e. The largest absolute Gasteiger partial charge is 0.334 e. The van der Waals surface area contributed by atoms with Crippen LogP contribution >= 0.6 is 0 Å². The van der Waals surface area contributed by atoms with Crippen molar-refractivity contribution in [2.24, 2.45) is 7.05 Å². The van der Waals surface area contributed by atoms with Crippen molar-refractivity contribution in [3.63, 3.8) is 0 Å². The molecule has 0 fully saturated rings. The second kappa shape index (κ2) is 9.81. The third-order valence-electron chi connectivity index (χ3n) is 4.83. The molecule has 152 valence electrons. The maximum Gasteiger partial charge on any atom is 0.159 e. The Hall–Kier alpha value is -2.23. The lowest BCUT2D eigenvalue weighted by molar-refractivity contribution is 0.807. The fourth-order valence-corrected chi connectivity index (χ4v) is 3.32. The zero-order valence-corrected chi connectivity index (χ0v) is 18.9. The first-order valence-corrected chi connectivity index (χ1v) is 10.8. The van der Waals surface area contributed by atoms with E-state index in [2.05, 4.69) is 71.4 Å². The van der Waals surface area contributed by atoms with Gasteiger partial charge in [-0.1, -0.05) is 54.9 Å². The Morgan fingerprint density at radius 1 is 0.857 bits per heavy atom. The van der Waals surface area contributed by atoms with Crippen LogP contribution in [0.2, 0.25) is 0 Å². The molecule has 4 nitrogen and oxygen atoms in total. The summed E-state index contributed by atoms with van der Waals surface area (Å²) in [6.07, 6.45) is 6.13. The standard InChI is InChI=1S/C21H28N4.C3H8/c1-7-14-12-25(6)21-19(14)23-17(9-3)20(24-21)15-10-11-18(13(4)5)22-16(15)8-2;1-3-2/h10-13H,7-9H2,1-6H3;3H2,1-2H3. The number of fused-ring (bicyclic) bond motifs is 1. The van der Waals surface area contributed by atoms with Crippen molar-refractivity contribution >= 4 is 11.2 Å². The van der Waals surface area contributed by atoms with Gasteiger partial charge in [0.1, 0.15) is 5.52 Å². The quantitative estimate of drug-likeness (QED) is 0.525. The van der Waals surface area contributed by atoms with E-state index in [1.807, 2.05) is 7.05 Å². The summed E-state index contributed by atoms with van der Waals surface area (Å²) in [4.78, 5) is 14.9. The molecule has 0 unspecified atom stereocenters. The van der Waals surface area contributed by atoms with Crippen molar-refractivity contribution in [1.29, 1.82) is 0 Å². The Balaban J connectivity index is 0.000000878. The molecule has 3 heterocycles. The highest BCUT2D eigenvalue weighted by atomic mass is 15.0. The maximum atomic E-state index is 5.03. The van der Waals surface area contributed by atoms with Gasteiger partial charge in [0.05, 0.1) is 11.4 Å². The van der Waals surface area contributed by atoms with E-state index >= 15 is 0 Å². The SMILES string of the molecule is CCC.CCc1nc(C(C)C)ccc1-c1nc2c(nc1CC)c(CC)cn2C. The number of rotatable bonds is 5. The van der Waals surface area contributed by atoms with Gasteiger partial charge in [0.25, 0.3) is 0 Å². The molecule has 28 heavy (non-hydrogen) atoms. The Morgan fingerprint density at radius 2 is 1.50 bits per heavy atom. The first-order valence-electron chi connectivity index (χ1n) is 10.8. The van der Waals surface area contributed by atoms with Crippen LogP contribution < -0.4 is 0 Å². The highest BCUT2D eigenvalue weighted by Gasteiger charge is 2.18. The Morgan fingerprint density at radius 3 is 2.04 bits per heavy atom. The molecule has 0 saturated heterocycles. The molecule has 0 aliphatic heterocycles. The molecule has 0 amide bonds. The van der Waals surface area contributed by atoms with Crippen molar-refractivity contribution in [2.45, 2.75) is 80.1 Å². The molecule has 0 N–H and O–H groups in total. The third-order valence-corrected chi connectivity index (χ3v) is 4.83. The lowest BCUT2D eigenvalue weighted by atomic mass is 10.0. The molecule has 4 heteroatoms. The van der Waals surface area contributed by atoms with Gasteiger partial charge in [0, 0.05) is 30.2 Å². The van der Waals surface area contributed by atoms with Gasteiger partial charge in [-0.3, -0.25) is 4.98 Å². The average Bonchev–Trinajstić information content (AvgIpc) is 3.01. The summed E-state index contributed by atoms with van der Waals surface area (Å²) in [5, 5.41) is 0. The van der Waals surface area contributed by atoms with E-state index < -0.39 is 0 Å². The van der Waals surface area contributed by atoms with Crippen LogP contribution in [0.3, 0.4) is 0 Å². The van der Waals surface area contributed by atoms with Crippen LogP contribution in [-0.4, -0.2) is 19.5 Å². The van der Waals surface area contributed by atoms with E-state index in [0.29, 0.717) is 5.92 Å². The van der Waals surface area contributed by atoms with Crippen LogP contribution in [0.25, 0.3) is 22.4 Å². The van der Waals surface area contributed by atoms with Crippen LogP contribution in [0.4, 0.5) is 0 Å². The van der Waals surface area contributed by atoms with Gasteiger partial charge < -0.3 is 4.57 Å². The molecule has 0 saturated carbocycles. The van der Waals surface area contributed by atoms with E-state index in [-0.39, 0.29) is 0 Å². The molecular weight excluding hydrogens is 344 g/mol. The molecule has 0 spiro atoms. The number of aromatic nitrogens is 4. The predicted octanol–water partition coefficient (Wildman–Crippen LogP) is 6.26. The summed E-state index contributed by atoms with van der Waals surface area (Å²) in [5.74, 6) is 0.429. The normalized spacial score (nSPS) is 11.0. The molecule has 0 bridgehead atoms. The summed E-state index contributed by atoms with van der Waals surface area (Å²) >= 11 is 0. The van der Waals surface area contributed by atoms with E-state index in [1.54, 1.807) is 0 Å². The number of hydrogen-bond donors (Lipinski definition) is 0. The van der Waals surface area contributed by atoms with Crippen molar-refractivity contribution < 1.29 is 0 Å². The number of nitrogens with zero attached hydrogens (tertiary/aromatic N) is 4. The third kappa shape index (κ3) is 4.43. The molecule has 3 aromatic heterocycles. The summed E-state index contributed by atoms with van der Waals surface area (Å²) in [6, 6.07) is 4.31.